The van der Waals surface area contributed by atoms with E-state index in [1.54, 1.807) is 0 Å². The van der Waals surface area contributed by atoms with E-state index in [1.165, 1.54) is 49.0 Å². The molecule has 2 atom stereocenters. The molecule has 2 nitrogen and oxygen atoms in total. The highest BCUT2D eigenvalue weighted by Crippen LogP contribution is 2.40. The third-order valence-electron chi connectivity index (χ3n) is 4.81. The van der Waals surface area contributed by atoms with E-state index in [-0.39, 0.29) is 0 Å². The molecule has 2 bridgehead atoms. The summed E-state index contributed by atoms with van der Waals surface area (Å²) in [7, 11) is 0. The van der Waals surface area contributed by atoms with E-state index < -0.39 is 0 Å². The Kier molecular flexibility index (Phi) is 3.79. The number of rotatable bonds is 5. The Hall–Kier alpha value is -1.02. The summed E-state index contributed by atoms with van der Waals surface area (Å²) in [6, 6.07) is 7.87. The number of hydrogen-bond acceptors (Lipinski definition) is 2. The third-order valence-corrected chi connectivity index (χ3v) is 4.81. The predicted octanol–water partition coefficient (Wildman–Crippen LogP) is 3.48. The number of nitrogens with zero attached hydrogens (tertiary/aromatic N) is 1. The molecule has 19 heavy (non-hydrogen) atoms. The van der Waals surface area contributed by atoms with Gasteiger partial charge in [0, 0.05) is 24.8 Å². The number of aryl methyl sites for hydroxylation is 1. The van der Waals surface area contributed by atoms with E-state index >= 15 is 0 Å². The lowest BCUT2D eigenvalue weighted by Gasteiger charge is -2.29. The Balaban J connectivity index is 1.69. The average molecular weight is 258 g/mol. The monoisotopic (exact) mass is 258 g/mol. The normalized spacial score (nSPS) is 25.3. The van der Waals surface area contributed by atoms with Crippen LogP contribution in [0.2, 0.25) is 0 Å². The van der Waals surface area contributed by atoms with Crippen molar-refractivity contribution in [2.45, 2.75) is 52.1 Å². The molecule has 0 spiro atoms. The summed E-state index contributed by atoms with van der Waals surface area (Å²) in [5.74, 6) is 0.969. The first-order chi connectivity index (χ1) is 9.28. The molecule has 1 saturated heterocycles. The first-order valence-electron chi connectivity index (χ1n) is 7.85. The number of hydrogen-bond donors (Lipinski definition) is 1. The molecule has 0 amide bonds. The minimum atomic E-state index is 0.827. The van der Waals surface area contributed by atoms with Gasteiger partial charge in [-0.2, -0.15) is 0 Å². The summed E-state index contributed by atoms with van der Waals surface area (Å²) in [6.07, 6.45) is 5.50. The van der Waals surface area contributed by atoms with E-state index in [1.807, 2.05) is 0 Å². The first kappa shape index (κ1) is 13.0. The van der Waals surface area contributed by atoms with E-state index in [0.717, 1.165) is 25.0 Å². The van der Waals surface area contributed by atoms with Crippen molar-refractivity contribution in [3.63, 3.8) is 0 Å². The largest absolute Gasteiger partial charge is 0.368 e. The van der Waals surface area contributed by atoms with Gasteiger partial charge in [0.25, 0.3) is 0 Å². The molecule has 1 aromatic rings. The van der Waals surface area contributed by atoms with Crippen LogP contribution in [0.4, 0.5) is 5.69 Å². The molecule has 2 heteroatoms. The van der Waals surface area contributed by atoms with Crippen LogP contribution < -0.4 is 10.2 Å². The quantitative estimate of drug-likeness (QED) is 0.813. The van der Waals surface area contributed by atoms with Gasteiger partial charge in [-0.15, -0.1) is 0 Å². The van der Waals surface area contributed by atoms with Gasteiger partial charge in [-0.05, 0) is 68.3 Å². The first-order valence-corrected chi connectivity index (χ1v) is 7.85. The molecular formula is C17H26N2. The highest BCUT2D eigenvalue weighted by atomic mass is 15.2. The van der Waals surface area contributed by atoms with Crippen molar-refractivity contribution in [2.75, 3.05) is 18.0 Å². The second kappa shape index (κ2) is 5.54. The maximum Gasteiger partial charge on any atom is 0.0371 e. The number of piperidine rings is 1. The molecule has 1 saturated carbocycles. The fourth-order valence-electron chi connectivity index (χ4n) is 3.70. The lowest BCUT2D eigenvalue weighted by atomic mass is 10.1. The Bertz CT molecular complexity index is 441. The van der Waals surface area contributed by atoms with Gasteiger partial charge in [-0.3, -0.25) is 0 Å². The molecule has 3 rings (SSSR count). The highest BCUT2D eigenvalue weighted by Gasteiger charge is 2.37. The van der Waals surface area contributed by atoms with Gasteiger partial charge in [0.2, 0.25) is 0 Å². The van der Waals surface area contributed by atoms with E-state index in [4.69, 9.17) is 0 Å². The molecule has 1 heterocycles. The zero-order valence-corrected chi connectivity index (χ0v) is 12.3. The molecule has 2 unspecified atom stereocenters. The van der Waals surface area contributed by atoms with Gasteiger partial charge in [0.05, 0.1) is 0 Å². The van der Waals surface area contributed by atoms with Gasteiger partial charge >= 0.3 is 0 Å². The second-order valence-electron chi connectivity index (χ2n) is 6.27. The Morgan fingerprint density at radius 2 is 2.21 bits per heavy atom. The van der Waals surface area contributed by atoms with Crippen LogP contribution in [0, 0.1) is 12.8 Å². The minimum absolute atomic E-state index is 0.827. The fraction of sp³-hybridized carbons (Fsp3) is 0.647. The van der Waals surface area contributed by atoms with Crippen molar-refractivity contribution in [1.29, 1.82) is 0 Å². The molecule has 2 aliphatic rings. The predicted molar refractivity (Wildman–Crippen MR) is 81.7 cm³/mol. The van der Waals surface area contributed by atoms with Gasteiger partial charge in [0.1, 0.15) is 0 Å². The molecule has 104 valence electrons. The van der Waals surface area contributed by atoms with E-state index in [2.05, 4.69) is 42.3 Å². The van der Waals surface area contributed by atoms with Crippen molar-refractivity contribution in [3.8, 4) is 0 Å². The maximum absolute atomic E-state index is 3.49. The van der Waals surface area contributed by atoms with Gasteiger partial charge in [0.15, 0.2) is 0 Å². The van der Waals surface area contributed by atoms with Gasteiger partial charge in [-0.1, -0.05) is 13.0 Å². The number of anilines is 1. The lowest BCUT2D eigenvalue weighted by Crippen LogP contribution is -2.31. The van der Waals surface area contributed by atoms with Crippen molar-refractivity contribution in [3.05, 3.63) is 29.3 Å². The molecule has 0 radical (unpaired) electrons. The Labute approximate surface area is 117 Å². The summed E-state index contributed by atoms with van der Waals surface area (Å²) in [5.41, 5.74) is 4.33. The standard InChI is InChI=1S/C17H26N2/c1-3-8-18-11-15-5-7-16(9-13(15)2)19-12-14-4-6-17(19)10-14/h5,7,9,14,17-18H,3-4,6,8,10-12H2,1-2H3. The van der Waals surface area contributed by atoms with Crippen molar-refractivity contribution >= 4 is 5.69 Å². The van der Waals surface area contributed by atoms with Crippen molar-refractivity contribution in [1.82, 2.24) is 5.32 Å². The zero-order valence-electron chi connectivity index (χ0n) is 12.3. The third kappa shape index (κ3) is 2.64. The van der Waals surface area contributed by atoms with Crippen LogP contribution in [0.1, 0.15) is 43.7 Å². The van der Waals surface area contributed by atoms with Crippen LogP contribution in [0.3, 0.4) is 0 Å². The van der Waals surface area contributed by atoms with E-state index in [9.17, 15) is 0 Å². The molecule has 1 aromatic carbocycles. The van der Waals surface area contributed by atoms with Gasteiger partial charge < -0.3 is 10.2 Å². The van der Waals surface area contributed by atoms with Crippen LogP contribution in [0.5, 0.6) is 0 Å². The number of nitrogens with one attached hydrogen (secondary N) is 1. The molecule has 1 aliphatic carbocycles. The number of benzene rings is 1. The highest BCUT2D eigenvalue weighted by molar-refractivity contribution is 5.53. The Morgan fingerprint density at radius 3 is 2.84 bits per heavy atom. The second-order valence-corrected chi connectivity index (χ2v) is 6.27. The van der Waals surface area contributed by atoms with Crippen LogP contribution in [-0.4, -0.2) is 19.1 Å². The molecule has 1 N–H and O–H groups in total. The molecular weight excluding hydrogens is 232 g/mol. The van der Waals surface area contributed by atoms with E-state index in [0.29, 0.717) is 0 Å². The smallest absolute Gasteiger partial charge is 0.0371 e. The summed E-state index contributed by atoms with van der Waals surface area (Å²) < 4.78 is 0. The SMILES string of the molecule is CCCNCc1ccc(N2CC3CCC2C3)cc1C. The van der Waals surface area contributed by atoms with Crippen LogP contribution >= 0.6 is 0 Å². The zero-order chi connectivity index (χ0) is 13.2. The molecule has 0 aromatic heterocycles. The minimum Gasteiger partial charge on any atom is -0.368 e. The summed E-state index contributed by atoms with van der Waals surface area (Å²) in [6.45, 7) is 7.87. The molecule has 1 aliphatic heterocycles. The summed E-state index contributed by atoms with van der Waals surface area (Å²) in [5, 5.41) is 3.49. The molecule has 2 fully saturated rings. The van der Waals surface area contributed by atoms with Crippen molar-refractivity contribution < 1.29 is 0 Å². The average Bonchev–Trinajstić information content (AvgIpc) is 3.03. The summed E-state index contributed by atoms with van der Waals surface area (Å²) in [4.78, 5) is 2.64. The number of fused-ring (bicyclic) bond motifs is 2. The van der Waals surface area contributed by atoms with Crippen LogP contribution in [-0.2, 0) is 6.54 Å². The van der Waals surface area contributed by atoms with Crippen molar-refractivity contribution in [2.24, 2.45) is 5.92 Å². The van der Waals surface area contributed by atoms with Crippen LogP contribution in [0.15, 0.2) is 18.2 Å². The topological polar surface area (TPSA) is 15.3 Å². The maximum atomic E-state index is 3.49. The van der Waals surface area contributed by atoms with Gasteiger partial charge in [-0.25, -0.2) is 0 Å². The Morgan fingerprint density at radius 1 is 1.32 bits per heavy atom. The summed E-state index contributed by atoms with van der Waals surface area (Å²) >= 11 is 0. The lowest BCUT2D eigenvalue weighted by molar-refractivity contribution is 0.553. The fourth-order valence-corrected chi connectivity index (χ4v) is 3.70. The van der Waals surface area contributed by atoms with Crippen LogP contribution in [0.25, 0.3) is 0 Å².